The predicted octanol–water partition coefficient (Wildman–Crippen LogP) is 2.44. The standard InChI is InChI=1S/C14H11N4/c1-11-5-4-6-12(9-11)18-10-14(16-17-18)13-7-2-3-8-15-13/h2-4,6-10H,1H3. The Morgan fingerprint density at radius 1 is 1.17 bits per heavy atom. The SMILES string of the molecule is Cc1[c]ccc(-n2cc(-c3ccccn3)nn2)c1. The Balaban J connectivity index is 2.00. The maximum absolute atomic E-state index is 4.25. The number of hydrogen-bond donors (Lipinski definition) is 0. The Morgan fingerprint density at radius 2 is 2.11 bits per heavy atom. The summed E-state index contributed by atoms with van der Waals surface area (Å²) in [6, 6.07) is 14.7. The molecule has 3 aromatic rings. The van der Waals surface area contributed by atoms with Gasteiger partial charge in [0.15, 0.2) is 0 Å². The lowest BCUT2D eigenvalue weighted by molar-refractivity contribution is 0.803. The highest BCUT2D eigenvalue weighted by Crippen LogP contribution is 2.15. The van der Waals surface area contributed by atoms with E-state index in [0.717, 1.165) is 22.6 Å². The summed E-state index contributed by atoms with van der Waals surface area (Å²) < 4.78 is 1.74. The van der Waals surface area contributed by atoms with Crippen molar-refractivity contribution in [3.8, 4) is 17.1 Å². The summed E-state index contributed by atoms with van der Waals surface area (Å²) in [6.45, 7) is 2.00. The Kier molecular flexibility index (Phi) is 2.61. The first kappa shape index (κ1) is 10.7. The first-order valence-corrected chi connectivity index (χ1v) is 5.65. The largest absolute Gasteiger partial charge is 0.254 e. The average molecular weight is 235 g/mol. The molecule has 0 fully saturated rings. The highest BCUT2D eigenvalue weighted by Gasteiger charge is 2.05. The smallest absolute Gasteiger partial charge is 0.131 e. The normalized spacial score (nSPS) is 10.5. The number of aryl methyl sites for hydroxylation is 1. The molecule has 1 aromatic carbocycles. The average Bonchev–Trinajstić information content (AvgIpc) is 2.89. The molecule has 4 heteroatoms. The number of hydrogen-bond acceptors (Lipinski definition) is 3. The number of pyridine rings is 1. The maximum Gasteiger partial charge on any atom is 0.131 e. The molecular weight excluding hydrogens is 224 g/mol. The Bertz CT molecular complexity index is 658. The van der Waals surface area contributed by atoms with E-state index in [-0.39, 0.29) is 0 Å². The number of nitrogens with zero attached hydrogens (tertiary/aromatic N) is 4. The zero-order valence-electron chi connectivity index (χ0n) is 9.91. The topological polar surface area (TPSA) is 43.6 Å². The van der Waals surface area contributed by atoms with Crippen molar-refractivity contribution in [2.24, 2.45) is 0 Å². The molecule has 0 aliphatic carbocycles. The summed E-state index contributed by atoms with van der Waals surface area (Å²) >= 11 is 0. The van der Waals surface area contributed by atoms with Gasteiger partial charge in [-0.05, 0) is 42.8 Å². The lowest BCUT2D eigenvalue weighted by Crippen LogP contribution is -1.94. The van der Waals surface area contributed by atoms with Crippen LogP contribution in [0.2, 0.25) is 0 Å². The molecule has 2 heterocycles. The van der Waals surface area contributed by atoms with Crippen LogP contribution < -0.4 is 0 Å². The molecule has 0 unspecified atom stereocenters. The molecular formula is C14H11N4. The second kappa shape index (κ2) is 4.41. The van der Waals surface area contributed by atoms with Crippen LogP contribution in [0.25, 0.3) is 17.1 Å². The van der Waals surface area contributed by atoms with Crippen molar-refractivity contribution >= 4 is 0 Å². The monoisotopic (exact) mass is 235 g/mol. The summed E-state index contributed by atoms with van der Waals surface area (Å²) in [5.41, 5.74) is 3.63. The molecule has 0 saturated heterocycles. The molecule has 0 spiro atoms. The summed E-state index contributed by atoms with van der Waals surface area (Å²) in [5, 5.41) is 8.25. The van der Waals surface area contributed by atoms with Crippen LogP contribution in [0.15, 0.2) is 48.8 Å². The van der Waals surface area contributed by atoms with Crippen molar-refractivity contribution in [1.29, 1.82) is 0 Å². The van der Waals surface area contributed by atoms with E-state index >= 15 is 0 Å². The highest BCUT2D eigenvalue weighted by atomic mass is 15.4. The molecule has 2 aromatic heterocycles. The number of aromatic nitrogens is 4. The van der Waals surface area contributed by atoms with E-state index in [1.807, 2.05) is 49.5 Å². The first-order chi connectivity index (χ1) is 8.83. The molecule has 1 radical (unpaired) electrons. The molecule has 3 rings (SSSR count). The van der Waals surface area contributed by atoms with Crippen molar-refractivity contribution in [2.75, 3.05) is 0 Å². The van der Waals surface area contributed by atoms with Crippen LogP contribution in [-0.2, 0) is 0 Å². The Labute approximate surface area is 105 Å². The molecule has 4 nitrogen and oxygen atoms in total. The fourth-order valence-corrected chi connectivity index (χ4v) is 1.73. The fourth-order valence-electron chi connectivity index (χ4n) is 1.73. The lowest BCUT2D eigenvalue weighted by Gasteiger charge is -1.99. The van der Waals surface area contributed by atoms with Gasteiger partial charge in [-0.1, -0.05) is 17.3 Å². The van der Waals surface area contributed by atoms with Crippen molar-refractivity contribution < 1.29 is 0 Å². The van der Waals surface area contributed by atoms with E-state index in [0.29, 0.717) is 0 Å². The molecule has 0 saturated carbocycles. The van der Waals surface area contributed by atoms with E-state index in [9.17, 15) is 0 Å². The zero-order valence-corrected chi connectivity index (χ0v) is 9.91. The fraction of sp³-hybridized carbons (Fsp3) is 0.0714. The zero-order chi connectivity index (χ0) is 12.4. The quantitative estimate of drug-likeness (QED) is 0.685. The third-order valence-electron chi connectivity index (χ3n) is 2.61. The Hall–Kier alpha value is -2.49. The van der Waals surface area contributed by atoms with Crippen molar-refractivity contribution in [1.82, 2.24) is 20.0 Å². The number of benzene rings is 1. The third-order valence-corrected chi connectivity index (χ3v) is 2.61. The first-order valence-electron chi connectivity index (χ1n) is 5.65. The minimum atomic E-state index is 0.765. The van der Waals surface area contributed by atoms with Gasteiger partial charge < -0.3 is 0 Å². The van der Waals surface area contributed by atoms with Crippen LogP contribution in [0.4, 0.5) is 0 Å². The molecule has 0 amide bonds. The summed E-state index contributed by atoms with van der Waals surface area (Å²) in [4.78, 5) is 4.25. The minimum absolute atomic E-state index is 0.765. The van der Waals surface area contributed by atoms with E-state index < -0.39 is 0 Å². The molecule has 0 bridgehead atoms. The van der Waals surface area contributed by atoms with Gasteiger partial charge in [0.25, 0.3) is 0 Å². The van der Waals surface area contributed by atoms with Gasteiger partial charge in [0.1, 0.15) is 5.69 Å². The van der Waals surface area contributed by atoms with E-state index in [2.05, 4.69) is 21.4 Å². The predicted molar refractivity (Wildman–Crippen MR) is 68.2 cm³/mol. The third kappa shape index (κ3) is 2.00. The van der Waals surface area contributed by atoms with E-state index in [4.69, 9.17) is 0 Å². The van der Waals surface area contributed by atoms with Gasteiger partial charge in [0.05, 0.1) is 17.6 Å². The molecule has 0 aliphatic heterocycles. The van der Waals surface area contributed by atoms with Gasteiger partial charge in [0, 0.05) is 6.20 Å². The van der Waals surface area contributed by atoms with Crippen LogP contribution in [0.1, 0.15) is 5.56 Å². The minimum Gasteiger partial charge on any atom is -0.254 e. The molecule has 0 atom stereocenters. The van der Waals surface area contributed by atoms with E-state index in [1.165, 1.54) is 0 Å². The van der Waals surface area contributed by atoms with Gasteiger partial charge in [0.2, 0.25) is 0 Å². The summed E-state index contributed by atoms with van der Waals surface area (Å²) in [7, 11) is 0. The second-order valence-corrected chi connectivity index (χ2v) is 3.99. The summed E-state index contributed by atoms with van der Waals surface area (Å²) in [5.74, 6) is 0. The number of rotatable bonds is 2. The van der Waals surface area contributed by atoms with Gasteiger partial charge in [-0.15, -0.1) is 5.10 Å². The van der Waals surface area contributed by atoms with Gasteiger partial charge in [-0.2, -0.15) is 0 Å². The van der Waals surface area contributed by atoms with Crippen molar-refractivity contribution in [2.45, 2.75) is 6.92 Å². The second-order valence-electron chi connectivity index (χ2n) is 3.99. The maximum atomic E-state index is 4.25. The molecule has 0 N–H and O–H groups in total. The van der Waals surface area contributed by atoms with Crippen LogP contribution in [0, 0.1) is 13.0 Å². The molecule has 18 heavy (non-hydrogen) atoms. The molecule has 87 valence electrons. The lowest BCUT2D eigenvalue weighted by atomic mass is 10.2. The van der Waals surface area contributed by atoms with Crippen LogP contribution in [0.5, 0.6) is 0 Å². The van der Waals surface area contributed by atoms with Gasteiger partial charge in [-0.3, -0.25) is 4.98 Å². The van der Waals surface area contributed by atoms with Gasteiger partial charge in [-0.25, -0.2) is 4.68 Å². The van der Waals surface area contributed by atoms with Gasteiger partial charge >= 0.3 is 0 Å². The van der Waals surface area contributed by atoms with Crippen LogP contribution >= 0.6 is 0 Å². The molecule has 0 aliphatic rings. The van der Waals surface area contributed by atoms with Crippen molar-refractivity contribution in [3.05, 3.63) is 60.4 Å². The van der Waals surface area contributed by atoms with E-state index in [1.54, 1.807) is 10.9 Å². The van der Waals surface area contributed by atoms with Crippen molar-refractivity contribution in [3.63, 3.8) is 0 Å². The summed E-state index contributed by atoms with van der Waals surface area (Å²) in [6.07, 6.45) is 3.62. The Morgan fingerprint density at radius 3 is 2.89 bits per heavy atom. The van der Waals surface area contributed by atoms with Crippen LogP contribution in [-0.4, -0.2) is 20.0 Å². The highest BCUT2D eigenvalue weighted by molar-refractivity contribution is 5.52. The van der Waals surface area contributed by atoms with Crippen LogP contribution in [0.3, 0.4) is 0 Å².